The lowest BCUT2D eigenvalue weighted by Gasteiger charge is -2.21. The molecule has 1 aliphatic heterocycles. The molecule has 0 spiro atoms. The van der Waals surface area contributed by atoms with E-state index < -0.39 is 24.5 Å². The van der Waals surface area contributed by atoms with Gasteiger partial charge in [0, 0.05) is 5.56 Å². The van der Waals surface area contributed by atoms with Crippen LogP contribution in [0.25, 0.3) is 0 Å². The number of amides is 2. The lowest BCUT2D eigenvalue weighted by atomic mass is 10.1. The fourth-order valence-corrected chi connectivity index (χ4v) is 5.63. The van der Waals surface area contributed by atoms with E-state index in [9.17, 15) is 22.8 Å². The second-order valence-corrected chi connectivity index (χ2v) is 9.07. The molecule has 0 radical (unpaired) electrons. The fraction of sp³-hybridized carbons (Fsp3) is 0.300. The molecule has 2 N–H and O–H groups in total. The summed E-state index contributed by atoms with van der Waals surface area (Å²) in [5.74, 6) is 0.900. The average molecular weight is 441 g/mol. The first kappa shape index (κ1) is 21.6. The van der Waals surface area contributed by atoms with E-state index in [1.807, 2.05) is 41.0 Å². The van der Waals surface area contributed by atoms with Crippen LogP contribution in [0.4, 0.5) is 18.9 Å². The Kier molecular flexibility index (Phi) is 7.13. The molecule has 0 aliphatic carbocycles. The molecule has 0 saturated carbocycles. The number of alkyl halides is 3. The van der Waals surface area contributed by atoms with Crippen LogP contribution >= 0.6 is 23.5 Å². The second-order valence-electron chi connectivity index (χ2n) is 6.35. The van der Waals surface area contributed by atoms with Crippen LogP contribution in [0, 0.1) is 0 Å². The van der Waals surface area contributed by atoms with Crippen LogP contribution in [0.5, 0.6) is 0 Å². The maximum Gasteiger partial charge on any atom is 0.405 e. The van der Waals surface area contributed by atoms with Crippen molar-refractivity contribution >= 4 is 41.0 Å². The van der Waals surface area contributed by atoms with Gasteiger partial charge in [0.15, 0.2) is 0 Å². The zero-order valence-corrected chi connectivity index (χ0v) is 16.9. The molecule has 0 unspecified atom stereocenters. The molecule has 0 aromatic heterocycles. The van der Waals surface area contributed by atoms with Gasteiger partial charge in [-0.2, -0.15) is 13.2 Å². The van der Waals surface area contributed by atoms with E-state index in [0.29, 0.717) is 10.1 Å². The van der Waals surface area contributed by atoms with Crippen molar-refractivity contribution in [3.8, 4) is 0 Å². The fourth-order valence-electron chi connectivity index (χ4n) is 2.73. The van der Waals surface area contributed by atoms with Gasteiger partial charge in [-0.05, 0) is 47.8 Å². The molecule has 154 valence electrons. The number of para-hydroxylation sites is 1. The van der Waals surface area contributed by atoms with E-state index in [2.05, 4.69) is 5.32 Å². The third kappa shape index (κ3) is 6.17. The minimum absolute atomic E-state index is 0.0308. The van der Waals surface area contributed by atoms with Crippen LogP contribution in [0.1, 0.15) is 37.3 Å². The van der Waals surface area contributed by atoms with Gasteiger partial charge in [0.2, 0.25) is 0 Å². The van der Waals surface area contributed by atoms with Crippen molar-refractivity contribution in [1.82, 2.24) is 5.32 Å². The van der Waals surface area contributed by atoms with Gasteiger partial charge in [-0.1, -0.05) is 24.3 Å². The third-order valence-electron chi connectivity index (χ3n) is 4.14. The molecule has 3 rings (SSSR count). The normalized spacial score (nSPS) is 15.0. The molecule has 0 bridgehead atoms. The van der Waals surface area contributed by atoms with Crippen LogP contribution in [0.15, 0.2) is 48.5 Å². The summed E-state index contributed by atoms with van der Waals surface area (Å²) in [6, 6.07) is 13.2. The van der Waals surface area contributed by atoms with Crippen LogP contribution in [0.2, 0.25) is 0 Å². The quantitative estimate of drug-likeness (QED) is 0.679. The smallest absolute Gasteiger partial charge is 0.343 e. The summed E-state index contributed by atoms with van der Waals surface area (Å²) in [7, 11) is 0. The first-order valence-electron chi connectivity index (χ1n) is 8.92. The predicted molar refractivity (Wildman–Crippen MR) is 111 cm³/mol. The van der Waals surface area contributed by atoms with Gasteiger partial charge in [-0.3, -0.25) is 9.59 Å². The third-order valence-corrected chi connectivity index (χ3v) is 7.16. The Morgan fingerprint density at radius 1 is 0.966 bits per heavy atom. The van der Waals surface area contributed by atoms with Gasteiger partial charge < -0.3 is 10.6 Å². The molecule has 2 aromatic carbocycles. The zero-order valence-electron chi connectivity index (χ0n) is 15.3. The Bertz CT molecular complexity index is 867. The highest BCUT2D eigenvalue weighted by atomic mass is 32.2. The van der Waals surface area contributed by atoms with Crippen molar-refractivity contribution in [2.45, 2.75) is 17.2 Å². The van der Waals surface area contributed by atoms with E-state index in [1.54, 1.807) is 18.2 Å². The van der Waals surface area contributed by atoms with E-state index in [0.717, 1.165) is 17.1 Å². The molecule has 1 saturated heterocycles. The van der Waals surface area contributed by atoms with Crippen molar-refractivity contribution in [3.63, 3.8) is 0 Å². The van der Waals surface area contributed by atoms with Gasteiger partial charge in [0.05, 0.1) is 15.8 Å². The minimum Gasteiger partial charge on any atom is -0.343 e. The lowest BCUT2D eigenvalue weighted by Crippen LogP contribution is -2.34. The molecular formula is C20H19F3N2O2S2. The van der Waals surface area contributed by atoms with Crippen molar-refractivity contribution in [2.75, 3.05) is 23.4 Å². The number of nitrogens with one attached hydrogen (secondary N) is 2. The Morgan fingerprint density at radius 2 is 1.62 bits per heavy atom. The predicted octanol–water partition coefficient (Wildman–Crippen LogP) is 5.10. The van der Waals surface area contributed by atoms with Crippen molar-refractivity contribution in [1.29, 1.82) is 0 Å². The zero-order chi connectivity index (χ0) is 20.9. The Hall–Kier alpha value is -2.13. The number of carbonyl (C=O) groups is 2. The Balaban J connectivity index is 1.68. The van der Waals surface area contributed by atoms with E-state index in [4.69, 9.17) is 0 Å². The molecule has 2 aromatic rings. The highest BCUT2D eigenvalue weighted by Crippen LogP contribution is 2.43. The summed E-state index contributed by atoms with van der Waals surface area (Å²) >= 11 is 3.77. The van der Waals surface area contributed by atoms with E-state index in [1.165, 1.54) is 24.6 Å². The topological polar surface area (TPSA) is 58.2 Å². The summed E-state index contributed by atoms with van der Waals surface area (Å²) in [4.78, 5) is 24.6. The molecule has 1 fully saturated rings. The average Bonchev–Trinajstić information content (AvgIpc) is 2.72. The number of rotatable bonds is 5. The monoisotopic (exact) mass is 440 g/mol. The number of hydrogen-bond acceptors (Lipinski definition) is 4. The van der Waals surface area contributed by atoms with Crippen LogP contribution in [-0.4, -0.2) is 36.0 Å². The Morgan fingerprint density at radius 3 is 2.28 bits per heavy atom. The summed E-state index contributed by atoms with van der Waals surface area (Å²) in [6.07, 6.45) is -3.31. The van der Waals surface area contributed by atoms with Gasteiger partial charge in [0.1, 0.15) is 6.54 Å². The first-order chi connectivity index (χ1) is 13.8. The summed E-state index contributed by atoms with van der Waals surface area (Å²) < 4.78 is 37.4. The maximum absolute atomic E-state index is 12.6. The number of anilines is 1. The summed E-state index contributed by atoms with van der Waals surface area (Å²) in [5, 5.41) is 4.43. The molecule has 1 heterocycles. The van der Waals surface area contributed by atoms with Gasteiger partial charge in [-0.25, -0.2) is 0 Å². The second kappa shape index (κ2) is 9.58. The molecule has 1 aliphatic rings. The minimum atomic E-state index is -4.51. The molecule has 9 heteroatoms. The largest absolute Gasteiger partial charge is 0.405 e. The van der Waals surface area contributed by atoms with Crippen LogP contribution in [0.3, 0.4) is 0 Å². The standard InChI is InChI=1S/C20H19F3N2O2S2/c21-20(22,23)12-24-18(27)15-4-1-2-5-16(15)25-17(26)13-6-8-14(9-7-13)19-28-10-3-11-29-19/h1-2,4-9,19H,3,10-12H2,(H,24,27)(H,25,26). The number of thioether (sulfide) groups is 2. The van der Waals surface area contributed by atoms with Crippen LogP contribution < -0.4 is 10.6 Å². The van der Waals surface area contributed by atoms with E-state index >= 15 is 0 Å². The van der Waals surface area contributed by atoms with Gasteiger partial charge in [0.25, 0.3) is 11.8 Å². The molecule has 29 heavy (non-hydrogen) atoms. The highest BCUT2D eigenvalue weighted by Gasteiger charge is 2.28. The molecule has 0 atom stereocenters. The maximum atomic E-state index is 12.6. The number of hydrogen-bond donors (Lipinski definition) is 2. The van der Waals surface area contributed by atoms with Crippen LogP contribution in [-0.2, 0) is 0 Å². The van der Waals surface area contributed by atoms with E-state index in [-0.39, 0.29) is 11.3 Å². The van der Waals surface area contributed by atoms with Gasteiger partial charge >= 0.3 is 6.18 Å². The van der Waals surface area contributed by atoms with Crippen molar-refractivity contribution < 1.29 is 22.8 Å². The molecule has 4 nitrogen and oxygen atoms in total. The lowest BCUT2D eigenvalue weighted by molar-refractivity contribution is -0.123. The van der Waals surface area contributed by atoms with Crippen molar-refractivity contribution in [2.24, 2.45) is 0 Å². The highest BCUT2D eigenvalue weighted by molar-refractivity contribution is 8.16. The van der Waals surface area contributed by atoms with Crippen molar-refractivity contribution in [3.05, 3.63) is 65.2 Å². The SMILES string of the molecule is O=C(Nc1ccccc1C(=O)NCC(F)(F)F)c1ccc(C2SCCCS2)cc1. The van der Waals surface area contributed by atoms with Gasteiger partial charge in [-0.15, -0.1) is 23.5 Å². The number of carbonyl (C=O) groups excluding carboxylic acids is 2. The molecule has 2 amide bonds. The number of halogens is 3. The Labute approximate surface area is 175 Å². The summed E-state index contributed by atoms with van der Waals surface area (Å²) in [6.45, 7) is -1.44. The summed E-state index contributed by atoms with van der Waals surface area (Å²) in [5.41, 5.74) is 1.67. The molecular weight excluding hydrogens is 421 g/mol. The first-order valence-corrected chi connectivity index (χ1v) is 11.0. The number of benzene rings is 2.